The van der Waals surface area contributed by atoms with Gasteiger partial charge in [0.15, 0.2) is 0 Å². The zero-order valence-electron chi connectivity index (χ0n) is 19.1. The Morgan fingerprint density at radius 2 is 1.66 bits per heavy atom. The Kier molecular flexibility index (Phi) is 6.52. The zero-order valence-corrected chi connectivity index (χ0v) is 19.1. The third-order valence-electron chi connectivity index (χ3n) is 5.99. The van der Waals surface area contributed by atoms with Crippen LogP contribution in [0.3, 0.4) is 0 Å². The molecule has 0 saturated carbocycles. The normalized spacial score (nSPS) is 14.3. The summed E-state index contributed by atoms with van der Waals surface area (Å²) in [6, 6.07) is 24.7. The molecule has 3 aromatic rings. The van der Waals surface area contributed by atoms with E-state index in [0.29, 0.717) is 5.56 Å². The van der Waals surface area contributed by atoms with Crippen molar-refractivity contribution in [3.63, 3.8) is 0 Å². The quantitative estimate of drug-likeness (QED) is 0.445. The van der Waals surface area contributed by atoms with Crippen molar-refractivity contribution in [3.05, 3.63) is 106 Å². The summed E-state index contributed by atoms with van der Waals surface area (Å²) < 4.78 is 0. The molecule has 0 radical (unpaired) electrons. The molecule has 32 heavy (non-hydrogen) atoms. The van der Waals surface area contributed by atoms with Crippen LogP contribution in [0, 0.1) is 0 Å². The van der Waals surface area contributed by atoms with Gasteiger partial charge in [-0.05, 0) is 51.8 Å². The highest BCUT2D eigenvalue weighted by molar-refractivity contribution is 5.94. The van der Waals surface area contributed by atoms with E-state index < -0.39 is 0 Å². The molecule has 0 spiro atoms. The number of nitrogens with zero attached hydrogens (tertiary/aromatic N) is 2. The van der Waals surface area contributed by atoms with Crippen molar-refractivity contribution in [2.45, 2.75) is 45.7 Å². The summed E-state index contributed by atoms with van der Waals surface area (Å²) in [5, 5.41) is 4.11. The van der Waals surface area contributed by atoms with Crippen molar-refractivity contribution in [1.82, 2.24) is 10.3 Å². The Balaban J connectivity index is 1.30. The molecule has 164 valence electrons. The molecule has 4 rings (SSSR count). The number of hydrogen-bond donors (Lipinski definition) is 1. The maximum atomic E-state index is 12.4. The fourth-order valence-corrected chi connectivity index (χ4v) is 4.01. The average Bonchev–Trinajstić information content (AvgIpc) is 2.79. The van der Waals surface area contributed by atoms with Crippen LogP contribution in [-0.4, -0.2) is 23.6 Å². The predicted molar refractivity (Wildman–Crippen MR) is 131 cm³/mol. The molecule has 1 aliphatic heterocycles. The fraction of sp³-hybridized carbons (Fsp3) is 0.286. The Morgan fingerprint density at radius 3 is 2.34 bits per heavy atom. The second-order valence-corrected chi connectivity index (χ2v) is 9.50. The highest BCUT2D eigenvalue weighted by Gasteiger charge is 2.16. The lowest BCUT2D eigenvalue weighted by Crippen LogP contribution is -2.30. The molecule has 1 aliphatic rings. The Bertz CT molecular complexity index is 1090. The summed E-state index contributed by atoms with van der Waals surface area (Å²) in [5.41, 5.74) is 9.67. The molecule has 0 aliphatic carbocycles. The molecule has 1 N–H and O–H groups in total. The summed E-state index contributed by atoms with van der Waals surface area (Å²) in [4.78, 5) is 14.9. The highest BCUT2D eigenvalue weighted by atomic mass is 16.2. The molecule has 1 amide bonds. The lowest BCUT2D eigenvalue weighted by Gasteiger charge is -2.28. The van der Waals surface area contributed by atoms with Gasteiger partial charge < -0.3 is 0 Å². The topological polar surface area (TPSA) is 44.7 Å². The van der Waals surface area contributed by atoms with E-state index in [9.17, 15) is 4.79 Å². The molecule has 4 nitrogen and oxygen atoms in total. The van der Waals surface area contributed by atoms with Gasteiger partial charge in [-0.2, -0.15) is 5.10 Å². The lowest BCUT2D eigenvalue weighted by atomic mass is 9.87. The van der Waals surface area contributed by atoms with Crippen LogP contribution in [0.5, 0.6) is 0 Å². The van der Waals surface area contributed by atoms with Crippen LogP contribution < -0.4 is 5.43 Å². The molecule has 0 aromatic heterocycles. The fourth-order valence-electron chi connectivity index (χ4n) is 4.01. The number of amides is 1. The number of carbonyl (C=O) groups is 1. The monoisotopic (exact) mass is 425 g/mol. The van der Waals surface area contributed by atoms with Crippen LogP contribution in [0.2, 0.25) is 0 Å². The number of nitrogens with one attached hydrogen (secondary N) is 1. The summed E-state index contributed by atoms with van der Waals surface area (Å²) in [5.74, 6) is -0.203. The summed E-state index contributed by atoms with van der Waals surface area (Å²) in [6.07, 6.45) is 2.76. The van der Waals surface area contributed by atoms with Crippen LogP contribution in [-0.2, 0) is 24.9 Å². The van der Waals surface area contributed by atoms with Gasteiger partial charge in [0.2, 0.25) is 0 Å². The van der Waals surface area contributed by atoms with E-state index in [1.165, 1.54) is 22.3 Å². The summed E-state index contributed by atoms with van der Waals surface area (Å²) >= 11 is 0. The first-order valence-electron chi connectivity index (χ1n) is 11.2. The second-order valence-electron chi connectivity index (χ2n) is 9.50. The minimum absolute atomic E-state index is 0.120. The van der Waals surface area contributed by atoms with Crippen LogP contribution in [0.25, 0.3) is 0 Å². The van der Waals surface area contributed by atoms with Crippen molar-refractivity contribution in [2.75, 3.05) is 6.54 Å². The minimum atomic E-state index is -0.203. The van der Waals surface area contributed by atoms with Gasteiger partial charge in [0.1, 0.15) is 0 Å². The second kappa shape index (κ2) is 9.49. The van der Waals surface area contributed by atoms with Crippen LogP contribution >= 0.6 is 0 Å². The van der Waals surface area contributed by atoms with E-state index in [2.05, 4.69) is 72.6 Å². The first-order chi connectivity index (χ1) is 15.4. The zero-order chi connectivity index (χ0) is 22.6. The van der Waals surface area contributed by atoms with Gasteiger partial charge in [-0.15, -0.1) is 0 Å². The highest BCUT2D eigenvalue weighted by Crippen LogP contribution is 2.22. The van der Waals surface area contributed by atoms with E-state index in [-0.39, 0.29) is 11.3 Å². The Hall–Kier alpha value is -3.24. The van der Waals surface area contributed by atoms with Crippen molar-refractivity contribution in [1.29, 1.82) is 0 Å². The van der Waals surface area contributed by atoms with Gasteiger partial charge >= 0.3 is 0 Å². The maximum Gasteiger partial charge on any atom is 0.271 e. The number of hydrogen-bond acceptors (Lipinski definition) is 3. The molecular formula is C28H31N3O. The maximum absolute atomic E-state index is 12.4. The molecule has 3 aromatic carbocycles. The molecular weight excluding hydrogens is 394 g/mol. The number of hydrazone groups is 1. The molecule has 0 fully saturated rings. The standard InChI is InChI=1S/C28H31N3O/c1-28(2,3)26-14-10-21(11-15-26)18-29-30-27(32)24-12-8-22(9-13-24)19-31-17-16-23-6-4-5-7-25(23)20-31/h4-15,18H,16-17,19-20H2,1-3H3,(H,30,32)/b29-18+. The van der Waals surface area contributed by atoms with Crippen LogP contribution in [0.1, 0.15) is 58.9 Å². The first-order valence-corrected chi connectivity index (χ1v) is 11.2. The molecule has 0 atom stereocenters. The van der Waals surface area contributed by atoms with Crippen LogP contribution in [0.15, 0.2) is 77.9 Å². The van der Waals surface area contributed by atoms with Gasteiger partial charge in [0.25, 0.3) is 5.91 Å². The first kappa shape index (κ1) is 22.0. The minimum Gasteiger partial charge on any atom is -0.294 e. The van der Waals surface area contributed by atoms with E-state index in [1.807, 2.05) is 36.4 Å². The lowest BCUT2D eigenvalue weighted by molar-refractivity contribution is 0.0955. The van der Waals surface area contributed by atoms with Crippen molar-refractivity contribution in [3.8, 4) is 0 Å². The van der Waals surface area contributed by atoms with Crippen molar-refractivity contribution >= 4 is 12.1 Å². The van der Waals surface area contributed by atoms with Crippen LogP contribution in [0.4, 0.5) is 0 Å². The van der Waals surface area contributed by atoms with Crippen molar-refractivity contribution in [2.24, 2.45) is 5.10 Å². The molecule has 0 unspecified atom stereocenters. The van der Waals surface area contributed by atoms with Gasteiger partial charge in [-0.3, -0.25) is 9.69 Å². The van der Waals surface area contributed by atoms with Crippen molar-refractivity contribution < 1.29 is 4.79 Å². The van der Waals surface area contributed by atoms with Gasteiger partial charge in [0, 0.05) is 25.2 Å². The smallest absolute Gasteiger partial charge is 0.271 e. The Labute approximate surface area is 191 Å². The SMILES string of the molecule is CC(C)(C)c1ccc(/C=N/NC(=O)c2ccc(CN3CCc4ccccc4C3)cc2)cc1. The predicted octanol–water partition coefficient (Wildman–Crippen LogP) is 5.31. The van der Waals surface area contributed by atoms with E-state index in [1.54, 1.807) is 6.21 Å². The Morgan fingerprint density at radius 1 is 0.969 bits per heavy atom. The number of rotatable bonds is 5. The van der Waals surface area contributed by atoms with Gasteiger partial charge in [0.05, 0.1) is 6.21 Å². The molecule has 0 bridgehead atoms. The van der Waals surface area contributed by atoms with E-state index in [0.717, 1.165) is 31.6 Å². The van der Waals surface area contributed by atoms with E-state index >= 15 is 0 Å². The summed E-state index contributed by atoms with van der Waals surface area (Å²) in [6.45, 7) is 9.49. The summed E-state index contributed by atoms with van der Waals surface area (Å²) in [7, 11) is 0. The van der Waals surface area contributed by atoms with Gasteiger partial charge in [-0.1, -0.05) is 81.4 Å². The largest absolute Gasteiger partial charge is 0.294 e. The number of fused-ring (bicyclic) bond motifs is 1. The molecule has 0 saturated heterocycles. The van der Waals surface area contributed by atoms with Gasteiger partial charge in [-0.25, -0.2) is 5.43 Å². The third-order valence-corrected chi connectivity index (χ3v) is 5.99. The average molecular weight is 426 g/mol. The number of benzene rings is 3. The number of carbonyl (C=O) groups excluding carboxylic acids is 1. The molecule has 1 heterocycles. The van der Waals surface area contributed by atoms with E-state index in [4.69, 9.17) is 0 Å². The third kappa shape index (κ3) is 5.51. The molecule has 4 heteroatoms.